The highest BCUT2D eigenvalue weighted by atomic mass is 16.5. The van der Waals surface area contributed by atoms with E-state index in [-0.39, 0.29) is 24.3 Å². The Balaban J connectivity index is 1.99. The molecule has 2 heterocycles. The Morgan fingerprint density at radius 2 is 2.37 bits per heavy atom. The number of nitrogens with zero attached hydrogens (tertiary/aromatic N) is 3. The van der Waals surface area contributed by atoms with Crippen LogP contribution in [0.1, 0.15) is 26.1 Å². The summed E-state index contributed by atoms with van der Waals surface area (Å²) in [6, 6.07) is -0.420. The second-order valence-electron chi connectivity index (χ2n) is 4.79. The van der Waals surface area contributed by atoms with Crippen LogP contribution in [0.2, 0.25) is 0 Å². The largest absolute Gasteiger partial charge is 0.343 e. The van der Waals surface area contributed by atoms with E-state index in [1.807, 2.05) is 13.8 Å². The van der Waals surface area contributed by atoms with Gasteiger partial charge in [0.25, 0.3) is 0 Å². The van der Waals surface area contributed by atoms with Gasteiger partial charge in [0.1, 0.15) is 6.04 Å². The molecule has 1 saturated heterocycles. The summed E-state index contributed by atoms with van der Waals surface area (Å²) in [6.45, 7) is 4.50. The van der Waals surface area contributed by atoms with Gasteiger partial charge in [-0.25, -0.2) is 0 Å². The van der Waals surface area contributed by atoms with Gasteiger partial charge in [-0.1, -0.05) is 25.4 Å². The summed E-state index contributed by atoms with van der Waals surface area (Å²) in [5, 5.41) is 6.45. The molecule has 1 aliphatic heterocycles. The SMILES string of the molecule is CCC(C)C1NC(=O)CN(CCc2ncon2)C1=O. The van der Waals surface area contributed by atoms with Crippen LogP contribution in [0, 0.1) is 5.92 Å². The van der Waals surface area contributed by atoms with Gasteiger partial charge < -0.3 is 14.7 Å². The lowest BCUT2D eigenvalue weighted by Crippen LogP contribution is -2.60. The smallest absolute Gasteiger partial charge is 0.245 e. The number of aromatic nitrogens is 2. The first-order chi connectivity index (χ1) is 9.11. The number of rotatable bonds is 5. The summed E-state index contributed by atoms with van der Waals surface area (Å²) in [5.41, 5.74) is 0. The van der Waals surface area contributed by atoms with Crippen LogP contribution >= 0.6 is 0 Å². The van der Waals surface area contributed by atoms with Crippen molar-refractivity contribution in [3.63, 3.8) is 0 Å². The molecule has 0 aromatic carbocycles. The first kappa shape index (κ1) is 13.5. The van der Waals surface area contributed by atoms with Crippen LogP contribution in [0.15, 0.2) is 10.9 Å². The van der Waals surface area contributed by atoms with Gasteiger partial charge in [0.05, 0.1) is 6.54 Å². The lowest BCUT2D eigenvalue weighted by atomic mass is 9.96. The molecule has 1 aromatic heterocycles. The van der Waals surface area contributed by atoms with Crippen LogP contribution in [-0.4, -0.2) is 46.0 Å². The van der Waals surface area contributed by atoms with E-state index in [4.69, 9.17) is 0 Å². The van der Waals surface area contributed by atoms with Crippen LogP contribution < -0.4 is 5.32 Å². The van der Waals surface area contributed by atoms with Crippen molar-refractivity contribution in [3.8, 4) is 0 Å². The Kier molecular flexibility index (Phi) is 4.13. The van der Waals surface area contributed by atoms with Crippen molar-refractivity contribution in [2.75, 3.05) is 13.1 Å². The quantitative estimate of drug-likeness (QED) is 0.809. The summed E-state index contributed by atoms with van der Waals surface area (Å²) in [6.07, 6.45) is 2.58. The number of nitrogens with one attached hydrogen (secondary N) is 1. The predicted octanol–water partition coefficient (Wildman–Crippen LogP) is -0.0148. The monoisotopic (exact) mass is 266 g/mol. The van der Waals surface area contributed by atoms with Gasteiger partial charge in [-0.15, -0.1) is 0 Å². The molecule has 104 valence electrons. The fraction of sp³-hybridized carbons (Fsp3) is 0.667. The molecule has 19 heavy (non-hydrogen) atoms. The summed E-state index contributed by atoms with van der Waals surface area (Å²) >= 11 is 0. The van der Waals surface area contributed by atoms with Gasteiger partial charge in [-0.3, -0.25) is 9.59 Å². The van der Waals surface area contributed by atoms with Gasteiger partial charge in [0, 0.05) is 13.0 Å². The normalized spacial score (nSPS) is 21.4. The molecule has 1 aromatic rings. The average molecular weight is 266 g/mol. The van der Waals surface area contributed by atoms with Crippen molar-refractivity contribution in [1.29, 1.82) is 0 Å². The maximum atomic E-state index is 12.3. The molecule has 2 unspecified atom stereocenters. The second kappa shape index (κ2) is 5.81. The van der Waals surface area contributed by atoms with Gasteiger partial charge in [0.15, 0.2) is 5.82 Å². The van der Waals surface area contributed by atoms with Crippen molar-refractivity contribution >= 4 is 11.8 Å². The van der Waals surface area contributed by atoms with E-state index in [0.717, 1.165) is 6.42 Å². The summed E-state index contributed by atoms with van der Waals surface area (Å²) < 4.78 is 4.64. The fourth-order valence-electron chi connectivity index (χ4n) is 2.08. The molecule has 2 atom stereocenters. The molecule has 0 spiro atoms. The number of amides is 2. The number of hydrogen-bond acceptors (Lipinski definition) is 5. The third kappa shape index (κ3) is 3.10. The van der Waals surface area contributed by atoms with Gasteiger partial charge >= 0.3 is 0 Å². The molecule has 2 rings (SSSR count). The molecule has 0 saturated carbocycles. The predicted molar refractivity (Wildman–Crippen MR) is 66.0 cm³/mol. The maximum absolute atomic E-state index is 12.3. The van der Waals surface area contributed by atoms with E-state index in [1.54, 1.807) is 4.90 Å². The Labute approximate surface area is 111 Å². The molecule has 0 aliphatic carbocycles. The highest BCUT2D eigenvalue weighted by Gasteiger charge is 2.35. The highest BCUT2D eigenvalue weighted by molar-refractivity contribution is 5.95. The van der Waals surface area contributed by atoms with Crippen molar-refractivity contribution in [1.82, 2.24) is 20.4 Å². The molecule has 1 aliphatic rings. The fourth-order valence-corrected chi connectivity index (χ4v) is 2.08. The minimum atomic E-state index is -0.420. The van der Waals surface area contributed by atoms with Gasteiger partial charge in [-0.05, 0) is 5.92 Å². The van der Waals surface area contributed by atoms with E-state index in [1.165, 1.54) is 6.39 Å². The van der Waals surface area contributed by atoms with Crippen LogP contribution in [-0.2, 0) is 16.0 Å². The minimum Gasteiger partial charge on any atom is -0.343 e. The average Bonchev–Trinajstić information content (AvgIpc) is 2.91. The maximum Gasteiger partial charge on any atom is 0.245 e. The third-order valence-corrected chi connectivity index (χ3v) is 3.45. The Hall–Kier alpha value is -1.92. The Morgan fingerprint density at radius 3 is 3.00 bits per heavy atom. The lowest BCUT2D eigenvalue weighted by molar-refractivity contribution is -0.145. The standard InChI is InChI=1S/C12H18N4O3/c1-3-8(2)11-12(18)16(6-10(17)14-11)5-4-9-13-7-19-15-9/h7-8,11H,3-6H2,1-2H3,(H,14,17). The third-order valence-electron chi connectivity index (χ3n) is 3.45. The number of carbonyl (C=O) groups excluding carboxylic acids is 2. The van der Waals surface area contributed by atoms with E-state index in [9.17, 15) is 9.59 Å². The van der Waals surface area contributed by atoms with Crippen molar-refractivity contribution in [2.45, 2.75) is 32.7 Å². The zero-order valence-electron chi connectivity index (χ0n) is 11.1. The van der Waals surface area contributed by atoms with Gasteiger partial charge in [0.2, 0.25) is 18.2 Å². The lowest BCUT2D eigenvalue weighted by Gasteiger charge is -2.35. The Bertz CT molecular complexity index is 446. The van der Waals surface area contributed by atoms with E-state index < -0.39 is 6.04 Å². The summed E-state index contributed by atoms with van der Waals surface area (Å²) in [5.74, 6) is 0.527. The molecule has 1 N–H and O–H groups in total. The molecular weight excluding hydrogens is 248 g/mol. The molecule has 7 nitrogen and oxygen atoms in total. The first-order valence-electron chi connectivity index (χ1n) is 6.45. The van der Waals surface area contributed by atoms with Crippen molar-refractivity contribution in [3.05, 3.63) is 12.2 Å². The molecule has 0 bridgehead atoms. The molecular formula is C12H18N4O3. The van der Waals surface area contributed by atoms with Crippen molar-refractivity contribution < 1.29 is 14.1 Å². The van der Waals surface area contributed by atoms with Crippen LogP contribution in [0.4, 0.5) is 0 Å². The van der Waals surface area contributed by atoms with Crippen molar-refractivity contribution in [2.24, 2.45) is 5.92 Å². The highest BCUT2D eigenvalue weighted by Crippen LogP contribution is 2.14. The number of hydrogen-bond donors (Lipinski definition) is 1. The first-order valence-corrected chi connectivity index (χ1v) is 6.45. The molecule has 1 fully saturated rings. The second-order valence-corrected chi connectivity index (χ2v) is 4.79. The summed E-state index contributed by atoms with van der Waals surface area (Å²) in [4.78, 5) is 29.4. The van der Waals surface area contributed by atoms with Crippen LogP contribution in [0.5, 0.6) is 0 Å². The molecule has 0 radical (unpaired) electrons. The van der Waals surface area contributed by atoms with E-state index in [2.05, 4.69) is 20.0 Å². The van der Waals surface area contributed by atoms with E-state index >= 15 is 0 Å². The van der Waals surface area contributed by atoms with Crippen LogP contribution in [0.3, 0.4) is 0 Å². The number of carbonyl (C=O) groups is 2. The Morgan fingerprint density at radius 1 is 1.58 bits per heavy atom. The number of piperazine rings is 1. The topological polar surface area (TPSA) is 88.3 Å². The molecule has 7 heteroatoms. The zero-order valence-corrected chi connectivity index (χ0v) is 11.1. The molecule has 2 amide bonds. The summed E-state index contributed by atoms with van der Waals surface area (Å²) in [7, 11) is 0. The zero-order chi connectivity index (χ0) is 13.8. The van der Waals surface area contributed by atoms with Crippen LogP contribution in [0.25, 0.3) is 0 Å². The van der Waals surface area contributed by atoms with Gasteiger partial charge in [-0.2, -0.15) is 4.98 Å². The minimum absolute atomic E-state index is 0.0301. The van der Waals surface area contributed by atoms with E-state index in [0.29, 0.717) is 18.8 Å².